The Labute approximate surface area is 171 Å². The van der Waals surface area contributed by atoms with Gasteiger partial charge in [0, 0.05) is 12.1 Å². The molecule has 1 rings (SSSR count). The van der Waals surface area contributed by atoms with Crippen LogP contribution in [-0.4, -0.2) is 11.3 Å². The predicted molar refractivity (Wildman–Crippen MR) is 118 cm³/mol. The van der Waals surface area contributed by atoms with E-state index in [0.717, 1.165) is 38.4 Å². The maximum absolute atomic E-state index is 10.6. The lowest BCUT2D eigenvalue weighted by Gasteiger charge is -2.01. The number of hydrogen-bond acceptors (Lipinski definition) is 2. The van der Waals surface area contributed by atoms with Gasteiger partial charge in [0.05, 0.1) is 11.8 Å². The van der Waals surface area contributed by atoms with Gasteiger partial charge in [0.15, 0.2) is 6.29 Å². The summed E-state index contributed by atoms with van der Waals surface area (Å²) in [4.78, 5) is 13.8. The number of aromatic amines is 1. The summed E-state index contributed by atoms with van der Waals surface area (Å²) in [6, 6.07) is 6.06. The van der Waals surface area contributed by atoms with E-state index in [-0.39, 0.29) is 0 Å². The van der Waals surface area contributed by atoms with Crippen molar-refractivity contribution in [3.8, 4) is 6.07 Å². The summed E-state index contributed by atoms with van der Waals surface area (Å²) >= 11 is 0. The number of aromatic nitrogens is 1. The van der Waals surface area contributed by atoms with Gasteiger partial charge < -0.3 is 4.98 Å². The molecule has 0 aliphatic rings. The van der Waals surface area contributed by atoms with Crippen LogP contribution in [0.15, 0.2) is 36.4 Å². The first-order chi connectivity index (χ1) is 13.9. The Bertz CT molecular complexity index is 592. The minimum atomic E-state index is 0.685. The number of nitrogens with one attached hydrogen (secondary N) is 1. The summed E-state index contributed by atoms with van der Waals surface area (Å²) in [7, 11) is 0. The second-order valence-corrected chi connectivity index (χ2v) is 7.51. The second kappa shape index (κ2) is 18.3. The molecule has 0 unspecified atom stereocenters. The Morgan fingerprint density at radius 2 is 1.39 bits per heavy atom. The lowest BCUT2D eigenvalue weighted by Crippen LogP contribution is -1.88. The number of carbonyl (C=O) groups is 1. The number of rotatable bonds is 18. The van der Waals surface area contributed by atoms with Crippen molar-refractivity contribution in [2.24, 2.45) is 0 Å². The zero-order chi connectivity index (χ0) is 20.1. The van der Waals surface area contributed by atoms with E-state index in [9.17, 15) is 4.79 Å². The molecule has 0 aromatic carbocycles. The van der Waals surface area contributed by atoms with Gasteiger partial charge in [0.25, 0.3) is 0 Å². The molecular formula is C25H38N2O. The molecule has 28 heavy (non-hydrogen) atoms. The van der Waals surface area contributed by atoms with Gasteiger partial charge in [-0.05, 0) is 63.5 Å². The van der Waals surface area contributed by atoms with E-state index in [1.54, 1.807) is 0 Å². The van der Waals surface area contributed by atoms with Crippen LogP contribution in [0.1, 0.15) is 106 Å². The summed E-state index contributed by atoms with van der Waals surface area (Å²) in [6.45, 7) is 0. The van der Waals surface area contributed by atoms with Crippen LogP contribution in [0.5, 0.6) is 0 Å². The molecule has 3 nitrogen and oxygen atoms in total. The van der Waals surface area contributed by atoms with Crippen molar-refractivity contribution < 1.29 is 4.79 Å². The van der Waals surface area contributed by atoms with Gasteiger partial charge in [-0.2, -0.15) is 5.26 Å². The van der Waals surface area contributed by atoms with Gasteiger partial charge in [-0.15, -0.1) is 0 Å². The van der Waals surface area contributed by atoms with Gasteiger partial charge in [-0.3, -0.25) is 4.79 Å². The third-order valence-corrected chi connectivity index (χ3v) is 4.98. The number of nitrogens with zero attached hydrogens (tertiary/aromatic N) is 1. The summed E-state index contributed by atoms with van der Waals surface area (Å²) in [5.41, 5.74) is 1.87. The molecular weight excluding hydrogens is 344 g/mol. The van der Waals surface area contributed by atoms with E-state index in [1.165, 1.54) is 63.5 Å². The van der Waals surface area contributed by atoms with Crippen molar-refractivity contribution in [2.75, 3.05) is 0 Å². The molecule has 0 fully saturated rings. The normalized spacial score (nSPS) is 11.4. The Morgan fingerprint density at radius 1 is 0.786 bits per heavy atom. The van der Waals surface area contributed by atoms with E-state index in [1.807, 2.05) is 12.1 Å². The highest BCUT2D eigenvalue weighted by Gasteiger charge is 1.98. The SMILES string of the molecule is N#CCCCC/C=C\C/C=C\CCCCCCCCCCc1ccc(C=O)[nH]1. The van der Waals surface area contributed by atoms with Crippen molar-refractivity contribution >= 4 is 6.29 Å². The first-order valence-electron chi connectivity index (χ1n) is 11.2. The number of carbonyl (C=O) groups excluding carboxylic acids is 1. The minimum absolute atomic E-state index is 0.685. The summed E-state index contributed by atoms with van der Waals surface area (Å²) in [5, 5.41) is 8.46. The van der Waals surface area contributed by atoms with Crippen LogP contribution < -0.4 is 0 Å². The average Bonchev–Trinajstić information content (AvgIpc) is 3.18. The van der Waals surface area contributed by atoms with Crippen LogP contribution in [0, 0.1) is 11.3 Å². The first kappa shape index (κ1) is 24.0. The van der Waals surface area contributed by atoms with Crippen molar-refractivity contribution in [1.82, 2.24) is 4.98 Å². The molecule has 154 valence electrons. The topological polar surface area (TPSA) is 56.6 Å². The van der Waals surface area contributed by atoms with E-state index in [0.29, 0.717) is 12.1 Å². The molecule has 0 radical (unpaired) electrons. The fraction of sp³-hybridized carbons (Fsp3) is 0.600. The van der Waals surface area contributed by atoms with Gasteiger partial charge in [-0.25, -0.2) is 0 Å². The van der Waals surface area contributed by atoms with Crippen LogP contribution in [0.3, 0.4) is 0 Å². The molecule has 1 N–H and O–H groups in total. The molecule has 0 saturated heterocycles. The molecule has 0 atom stereocenters. The van der Waals surface area contributed by atoms with Crippen molar-refractivity contribution in [1.29, 1.82) is 5.26 Å². The summed E-state index contributed by atoms with van der Waals surface area (Å²) in [5.74, 6) is 0. The summed E-state index contributed by atoms with van der Waals surface area (Å²) < 4.78 is 0. The van der Waals surface area contributed by atoms with Gasteiger partial charge in [0.1, 0.15) is 0 Å². The number of aryl methyl sites for hydroxylation is 1. The minimum Gasteiger partial charge on any atom is -0.356 e. The van der Waals surface area contributed by atoms with Crippen LogP contribution in [-0.2, 0) is 6.42 Å². The molecule has 0 bridgehead atoms. The van der Waals surface area contributed by atoms with E-state index < -0.39 is 0 Å². The lowest BCUT2D eigenvalue weighted by atomic mass is 10.1. The maximum Gasteiger partial charge on any atom is 0.166 e. The Hall–Kier alpha value is -2.08. The standard InChI is InChI=1S/C25H38N2O/c26-22-18-16-14-12-10-8-6-4-2-1-3-5-7-9-11-13-15-17-19-24-20-21-25(23-28)27-24/h2,4,8,10,20-21,23,27H,1,3,5-7,9,11-19H2/b4-2-,10-8-. The largest absolute Gasteiger partial charge is 0.356 e. The lowest BCUT2D eigenvalue weighted by molar-refractivity contribution is 0.111. The number of unbranched alkanes of at least 4 members (excludes halogenated alkanes) is 11. The van der Waals surface area contributed by atoms with Crippen LogP contribution in [0.4, 0.5) is 0 Å². The number of allylic oxidation sites excluding steroid dienone is 4. The molecule has 0 amide bonds. The highest BCUT2D eigenvalue weighted by atomic mass is 16.1. The second-order valence-electron chi connectivity index (χ2n) is 7.51. The molecule has 3 heteroatoms. The average molecular weight is 383 g/mol. The number of aldehydes is 1. The molecule has 0 saturated carbocycles. The first-order valence-corrected chi connectivity index (χ1v) is 11.2. The molecule has 1 heterocycles. The number of nitriles is 1. The quantitative estimate of drug-likeness (QED) is 0.163. The van der Waals surface area contributed by atoms with Crippen LogP contribution in [0.2, 0.25) is 0 Å². The molecule has 0 spiro atoms. The van der Waals surface area contributed by atoms with Gasteiger partial charge in [-0.1, -0.05) is 62.8 Å². The van der Waals surface area contributed by atoms with Gasteiger partial charge >= 0.3 is 0 Å². The monoisotopic (exact) mass is 382 g/mol. The predicted octanol–water partition coefficient (Wildman–Crippen LogP) is 7.47. The fourth-order valence-electron chi connectivity index (χ4n) is 3.28. The van der Waals surface area contributed by atoms with Crippen molar-refractivity contribution in [2.45, 2.75) is 96.3 Å². The van der Waals surface area contributed by atoms with E-state index >= 15 is 0 Å². The Balaban J connectivity index is 1.79. The highest BCUT2D eigenvalue weighted by molar-refractivity contribution is 5.71. The summed E-state index contributed by atoms with van der Waals surface area (Å²) in [6.07, 6.45) is 27.7. The fourth-order valence-corrected chi connectivity index (χ4v) is 3.28. The highest BCUT2D eigenvalue weighted by Crippen LogP contribution is 2.12. The van der Waals surface area contributed by atoms with E-state index in [2.05, 4.69) is 35.4 Å². The van der Waals surface area contributed by atoms with Crippen molar-refractivity contribution in [3.63, 3.8) is 0 Å². The molecule has 1 aromatic heterocycles. The molecule has 1 aromatic rings. The number of H-pyrrole nitrogens is 1. The van der Waals surface area contributed by atoms with Gasteiger partial charge in [0.2, 0.25) is 0 Å². The third-order valence-electron chi connectivity index (χ3n) is 4.98. The molecule has 0 aliphatic heterocycles. The Kier molecular flexibility index (Phi) is 15.7. The molecule has 0 aliphatic carbocycles. The van der Waals surface area contributed by atoms with Crippen molar-refractivity contribution in [3.05, 3.63) is 47.8 Å². The van der Waals surface area contributed by atoms with Crippen LogP contribution in [0.25, 0.3) is 0 Å². The zero-order valence-corrected chi connectivity index (χ0v) is 17.5. The zero-order valence-electron chi connectivity index (χ0n) is 17.5. The number of hydrogen-bond donors (Lipinski definition) is 1. The smallest absolute Gasteiger partial charge is 0.166 e. The Morgan fingerprint density at radius 3 is 2.00 bits per heavy atom. The van der Waals surface area contributed by atoms with E-state index in [4.69, 9.17) is 5.26 Å². The maximum atomic E-state index is 10.6. The van der Waals surface area contributed by atoms with Crippen LogP contribution >= 0.6 is 0 Å². The third kappa shape index (κ3) is 14.0.